The van der Waals surface area contributed by atoms with Crippen molar-refractivity contribution >= 4 is 0 Å². The predicted octanol–water partition coefficient (Wildman–Crippen LogP) is 3.33. The summed E-state index contributed by atoms with van der Waals surface area (Å²) in [5.41, 5.74) is 7.44. The van der Waals surface area contributed by atoms with Gasteiger partial charge in [0.15, 0.2) is 0 Å². The number of methoxy groups -OCH3 is 1. The molecular formula is C15H15F2NO. The number of rotatable bonds is 3. The summed E-state index contributed by atoms with van der Waals surface area (Å²) >= 11 is 0. The maximum absolute atomic E-state index is 14.0. The lowest BCUT2D eigenvalue weighted by atomic mass is 9.95. The van der Waals surface area contributed by atoms with Gasteiger partial charge in [0.05, 0.1) is 13.2 Å². The molecular weight excluding hydrogens is 248 g/mol. The molecule has 0 fully saturated rings. The molecule has 0 heterocycles. The second-order valence-corrected chi connectivity index (χ2v) is 4.34. The largest absolute Gasteiger partial charge is 0.497 e. The van der Waals surface area contributed by atoms with Gasteiger partial charge < -0.3 is 10.5 Å². The Morgan fingerprint density at radius 3 is 2.21 bits per heavy atom. The highest BCUT2D eigenvalue weighted by Gasteiger charge is 2.20. The average molecular weight is 263 g/mol. The van der Waals surface area contributed by atoms with E-state index in [-0.39, 0.29) is 11.3 Å². The van der Waals surface area contributed by atoms with Crippen LogP contribution < -0.4 is 10.5 Å². The first-order chi connectivity index (χ1) is 9.04. The molecule has 2 rings (SSSR count). The summed E-state index contributed by atoms with van der Waals surface area (Å²) in [4.78, 5) is 0. The molecule has 0 saturated carbocycles. The van der Waals surface area contributed by atoms with Crippen molar-refractivity contribution in [2.75, 3.05) is 7.11 Å². The summed E-state index contributed by atoms with van der Waals surface area (Å²) in [7, 11) is 1.36. The fourth-order valence-corrected chi connectivity index (χ4v) is 2.07. The van der Waals surface area contributed by atoms with Gasteiger partial charge in [-0.1, -0.05) is 24.3 Å². The lowest BCUT2D eigenvalue weighted by molar-refractivity contribution is 0.404. The Morgan fingerprint density at radius 1 is 1.11 bits per heavy atom. The van der Waals surface area contributed by atoms with E-state index in [0.29, 0.717) is 5.56 Å². The van der Waals surface area contributed by atoms with E-state index in [9.17, 15) is 8.78 Å². The minimum atomic E-state index is -0.841. The summed E-state index contributed by atoms with van der Waals surface area (Å²) in [6, 6.07) is 8.70. The average Bonchev–Trinajstić information content (AvgIpc) is 2.38. The first-order valence-electron chi connectivity index (χ1n) is 5.88. The van der Waals surface area contributed by atoms with Gasteiger partial charge >= 0.3 is 0 Å². The van der Waals surface area contributed by atoms with Gasteiger partial charge in [-0.05, 0) is 18.1 Å². The van der Waals surface area contributed by atoms with Crippen molar-refractivity contribution in [1.29, 1.82) is 0 Å². The van der Waals surface area contributed by atoms with Crippen molar-refractivity contribution in [2.24, 2.45) is 5.73 Å². The number of hydrogen-bond acceptors (Lipinski definition) is 2. The standard InChI is InChI=1S/C15H15F2NO/c1-9-5-3-4-6-11(9)15(18)14-12(16)7-10(19-2)8-13(14)17/h3-8,15H,18H2,1-2H3. The van der Waals surface area contributed by atoms with Gasteiger partial charge in [0.25, 0.3) is 0 Å². The van der Waals surface area contributed by atoms with Gasteiger partial charge in [-0.2, -0.15) is 0 Å². The van der Waals surface area contributed by atoms with E-state index in [1.165, 1.54) is 7.11 Å². The lowest BCUT2D eigenvalue weighted by Crippen LogP contribution is -2.17. The van der Waals surface area contributed by atoms with Gasteiger partial charge in [-0.15, -0.1) is 0 Å². The Morgan fingerprint density at radius 2 is 1.68 bits per heavy atom. The lowest BCUT2D eigenvalue weighted by Gasteiger charge is -2.17. The molecule has 0 radical (unpaired) electrons. The van der Waals surface area contributed by atoms with Crippen LogP contribution in [0.3, 0.4) is 0 Å². The predicted molar refractivity (Wildman–Crippen MR) is 70.1 cm³/mol. The van der Waals surface area contributed by atoms with E-state index < -0.39 is 17.7 Å². The molecule has 0 aliphatic heterocycles. The monoisotopic (exact) mass is 263 g/mol. The quantitative estimate of drug-likeness (QED) is 0.921. The molecule has 1 unspecified atom stereocenters. The number of halogens is 2. The second-order valence-electron chi connectivity index (χ2n) is 4.34. The molecule has 1 atom stereocenters. The third-order valence-corrected chi connectivity index (χ3v) is 3.12. The van der Waals surface area contributed by atoms with Crippen molar-refractivity contribution in [3.05, 3.63) is 64.7 Å². The molecule has 0 saturated heterocycles. The minimum Gasteiger partial charge on any atom is -0.497 e. The summed E-state index contributed by atoms with van der Waals surface area (Å²) < 4.78 is 32.8. The summed E-state index contributed by atoms with van der Waals surface area (Å²) in [5, 5.41) is 0. The molecule has 2 nitrogen and oxygen atoms in total. The Kier molecular flexibility index (Phi) is 3.81. The Balaban J connectivity index is 2.50. The van der Waals surface area contributed by atoms with Crippen LogP contribution in [-0.2, 0) is 0 Å². The maximum Gasteiger partial charge on any atom is 0.134 e. The normalized spacial score (nSPS) is 12.3. The molecule has 0 bridgehead atoms. The van der Waals surface area contributed by atoms with E-state index in [4.69, 9.17) is 10.5 Å². The fraction of sp³-hybridized carbons (Fsp3) is 0.200. The Hall–Kier alpha value is -1.94. The Labute approximate surface area is 110 Å². The van der Waals surface area contributed by atoms with Gasteiger partial charge in [0.2, 0.25) is 0 Å². The number of hydrogen-bond donors (Lipinski definition) is 1. The highest BCUT2D eigenvalue weighted by molar-refractivity contribution is 5.40. The van der Waals surface area contributed by atoms with E-state index in [1.807, 2.05) is 19.1 Å². The molecule has 0 aliphatic carbocycles. The summed E-state index contributed by atoms with van der Waals surface area (Å²) in [5.74, 6) is -1.27. The van der Waals surface area contributed by atoms with Crippen LogP contribution in [0.4, 0.5) is 8.78 Å². The van der Waals surface area contributed by atoms with Gasteiger partial charge in [-0.25, -0.2) is 8.78 Å². The second kappa shape index (κ2) is 5.36. The van der Waals surface area contributed by atoms with Crippen LogP contribution in [0.5, 0.6) is 5.75 Å². The van der Waals surface area contributed by atoms with Crippen molar-refractivity contribution in [2.45, 2.75) is 13.0 Å². The van der Waals surface area contributed by atoms with Crippen LogP contribution in [-0.4, -0.2) is 7.11 Å². The van der Waals surface area contributed by atoms with Crippen LogP contribution in [0.15, 0.2) is 36.4 Å². The minimum absolute atomic E-state index is 0.135. The van der Waals surface area contributed by atoms with E-state index in [2.05, 4.69) is 0 Å². The van der Waals surface area contributed by atoms with Gasteiger partial charge in [-0.3, -0.25) is 0 Å². The van der Waals surface area contributed by atoms with Crippen LogP contribution >= 0.6 is 0 Å². The number of aryl methyl sites for hydroxylation is 1. The maximum atomic E-state index is 14.0. The topological polar surface area (TPSA) is 35.2 Å². The highest BCUT2D eigenvalue weighted by Crippen LogP contribution is 2.29. The molecule has 0 aliphatic rings. The van der Waals surface area contributed by atoms with Crippen molar-refractivity contribution in [3.63, 3.8) is 0 Å². The molecule has 0 aromatic heterocycles. The van der Waals surface area contributed by atoms with Crippen LogP contribution in [0, 0.1) is 18.6 Å². The van der Waals surface area contributed by atoms with Crippen molar-refractivity contribution in [1.82, 2.24) is 0 Å². The highest BCUT2D eigenvalue weighted by atomic mass is 19.1. The third-order valence-electron chi connectivity index (χ3n) is 3.12. The molecule has 100 valence electrons. The third kappa shape index (κ3) is 2.58. The number of nitrogens with two attached hydrogens (primary N) is 1. The first kappa shape index (κ1) is 13.5. The molecule has 0 spiro atoms. The van der Waals surface area contributed by atoms with E-state index >= 15 is 0 Å². The number of benzene rings is 2. The fourth-order valence-electron chi connectivity index (χ4n) is 2.07. The molecule has 4 heteroatoms. The van der Waals surface area contributed by atoms with Crippen molar-refractivity contribution < 1.29 is 13.5 Å². The first-order valence-corrected chi connectivity index (χ1v) is 5.88. The molecule has 2 aromatic rings. The smallest absolute Gasteiger partial charge is 0.134 e. The van der Waals surface area contributed by atoms with Crippen LogP contribution in [0.2, 0.25) is 0 Å². The number of ether oxygens (including phenoxy) is 1. The molecule has 2 N–H and O–H groups in total. The van der Waals surface area contributed by atoms with Gasteiger partial charge in [0.1, 0.15) is 17.4 Å². The van der Waals surface area contributed by atoms with Crippen LogP contribution in [0.25, 0.3) is 0 Å². The zero-order valence-electron chi connectivity index (χ0n) is 10.8. The van der Waals surface area contributed by atoms with E-state index in [1.54, 1.807) is 12.1 Å². The van der Waals surface area contributed by atoms with Crippen molar-refractivity contribution in [3.8, 4) is 5.75 Å². The molecule has 0 amide bonds. The zero-order chi connectivity index (χ0) is 14.0. The SMILES string of the molecule is COc1cc(F)c(C(N)c2ccccc2C)c(F)c1. The summed E-state index contributed by atoms with van der Waals surface area (Å²) in [6.45, 7) is 1.86. The Bertz CT molecular complexity index is 575. The summed E-state index contributed by atoms with van der Waals surface area (Å²) in [6.07, 6.45) is 0. The van der Waals surface area contributed by atoms with E-state index in [0.717, 1.165) is 17.7 Å². The van der Waals surface area contributed by atoms with Gasteiger partial charge in [0, 0.05) is 17.7 Å². The van der Waals surface area contributed by atoms with Crippen LogP contribution in [0.1, 0.15) is 22.7 Å². The molecule has 2 aromatic carbocycles. The molecule has 19 heavy (non-hydrogen) atoms. The zero-order valence-corrected chi connectivity index (χ0v) is 10.8.